The first-order valence-corrected chi connectivity index (χ1v) is 3.52. The van der Waals surface area contributed by atoms with Crippen molar-refractivity contribution in [2.45, 2.75) is 0 Å². The molecule has 1 heterocycles. The van der Waals surface area contributed by atoms with Crippen molar-refractivity contribution in [1.82, 2.24) is 0 Å². The third-order valence-corrected chi connectivity index (χ3v) is 1.61. The predicted molar refractivity (Wildman–Crippen MR) is 39.4 cm³/mol. The Labute approximate surface area is 57.6 Å². The summed E-state index contributed by atoms with van der Waals surface area (Å²) in [6.45, 7) is 0. The van der Waals surface area contributed by atoms with Crippen molar-refractivity contribution in [2.24, 2.45) is 0 Å². The Hall–Kier alpha value is -0.890. The van der Waals surface area contributed by atoms with Crippen LogP contribution in [-0.2, 0) is 4.79 Å². The van der Waals surface area contributed by atoms with Crippen LogP contribution in [0.4, 0.5) is 0 Å². The molecule has 0 unspecified atom stereocenters. The Morgan fingerprint density at radius 3 is 3.00 bits per heavy atom. The molecule has 0 fully saturated rings. The van der Waals surface area contributed by atoms with Gasteiger partial charge in [-0.1, -0.05) is 6.08 Å². The molecule has 9 heavy (non-hydrogen) atoms. The van der Waals surface area contributed by atoms with Crippen molar-refractivity contribution >= 4 is 23.7 Å². The second kappa shape index (κ2) is 3.20. The number of aldehydes is 1. The van der Waals surface area contributed by atoms with Gasteiger partial charge in [0.1, 0.15) is 6.29 Å². The number of thiophene rings is 1. The molecule has 0 atom stereocenters. The maximum atomic E-state index is 9.82. The molecule has 46 valence electrons. The molecule has 0 aliphatic heterocycles. The molecular formula is C7H6OS. The van der Waals surface area contributed by atoms with E-state index < -0.39 is 0 Å². The van der Waals surface area contributed by atoms with E-state index in [2.05, 4.69) is 0 Å². The molecule has 0 saturated carbocycles. The van der Waals surface area contributed by atoms with Gasteiger partial charge in [0.2, 0.25) is 0 Å². The molecule has 1 rings (SSSR count). The lowest BCUT2D eigenvalue weighted by Gasteiger charge is -1.74. The molecule has 0 aromatic carbocycles. The number of rotatable bonds is 2. The molecule has 1 nitrogen and oxygen atoms in total. The van der Waals surface area contributed by atoms with E-state index in [1.165, 1.54) is 6.08 Å². The van der Waals surface area contributed by atoms with Crippen molar-refractivity contribution < 1.29 is 4.79 Å². The van der Waals surface area contributed by atoms with Gasteiger partial charge in [-0.15, -0.1) is 0 Å². The van der Waals surface area contributed by atoms with Crippen molar-refractivity contribution in [3.63, 3.8) is 0 Å². The molecule has 0 aliphatic carbocycles. The van der Waals surface area contributed by atoms with Crippen LogP contribution >= 0.6 is 11.3 Å². The maximum Gasteiger partial charge on any atom is 0.142 e. The topological polar surface area (TPSA) is 17.1 Å². The average Bonchev–Trinajstić information content (AvgIpc) is 2.34. The van der Waals surface area contributed by atoms with Gasteiger partial charge >= 0.3 is 0 Å². The fourth-order valence-corrected chi connectivity index (χ4v) is 1.15. The van der Waals surface area contributed by atoms with Crippen molar-refractivity contribution in [2.75, 3.05) is 0 Å². The minimum Gasteiger partial charge on any atom is -0.299 e. The van der Waals surface area contributed by atoms with Gasteiger partial charge < -0.3 is 0 Å². The van der Waals surface area contributed by atoms with Gasteiger partial charge in [-0.3, -0.25) is 4.79 Å². The third-order valence-electron chi connectivity index (χ3n) is 0.910. The van der Waals surface area contributed by atoms with E-state index in [1.807, 2.05) is 16.8 Å². The first kappa shape index (κ1) is 6.23. The number of carbonyl (C=O) groups excluding carboxylic acids is 1. The summed E-state index contributed by atoms with van der Waals surface area (Å²) in [7, 11) is 0. The van der Waals surface area contributed by atoms with Crippen LogP contribution in [0.1, 0.15) is 5.56 Å². The van der Waals surface area contributed by atoms with Gasteiger partial charge in [0, 0.05) is 0 Å². The summed E-state index contributed by atoms with van der Waals surface area (Å²) in [5, 5.41) is 3.96. The Kier molecular flexibility index (Phi) is 2.22. The highest BCUT2D eigenvalue weighted by Gasteiger charge is 1.81. The molecule has 2 heteroatoms. The van der Waals surface area contributed by atoms with E-state index in [9.17, 15) is 4.79 Å². The van der Waals surface area contributed by atoms with Crippen LogP contribution in [-0.4, -0.2) is 6.29 Å². The molecular weight excluding hydrogens is 132 g/mol. The lowest BCUT2D eigenvalue weighted by molar-refractivity contribution is -0.104. The lowest BCUT2D eigenvalue weighted by atomic mass is 10.3. The summed E-state index contributed by atoms with van der Waals surface area (Å²) in [5.41, 5.74) is 1.09. The van der Waals surface area contributed by atoms with Gasteiger partial charge in [0.15, 0.2) is 0 Å². The number of carbonyl (C=O) groups is 1. The average molecular weight is 138 g/mol. The quantitative estimate of drug-likeness (QED) is 0.451. The van der Waals surface area contributed by atoms with Crippen LogP contribution in [0.25, 0.3) is 6.08 Å². The molecule has 0 amide bonds. The fraction of sp³-hybridized carbons (Fsp3) is 0. The van der Waals surface area contributed by atoms with Crippen LogP contribution in [0.2, 0.25) is 0 Å². The summed E-state index contributed by atoms with van der Waals surface area (Å²) in [4.78, 5) is 9.82. The highest BCUT2D eigenvalue weighted by atomic mass is 32.1. The first-order chi connectivity index (χ1) is 4.43. The molecule has 0 radical (unpaired) electrons. The normalized spacial score (nSPS) is 10.2. The Morgan fingerprint density at radius 2 is 2.44 bits per heavy atom. The standard InChI is InChI=1S/C7H6OS/c8-4-1-2-7-3-5-9-6-7/h1-6H/b2-1+. The van der Waals surface area contributed by atoms with Gasteiger partial charge in [-0.25, -0.2) is 0 Å². The lowest BCUT2D eigenvalue weighted by Crippen LogP contribution is -1.60. The van der Waals surface area contributed by atoms with Crippen LogP contribution in [0.3, 0.4) is 0 Å². The monoisotopic (exact) mass is 138 g/mol. The summed E-state index contributed by atoms with van der Waals surface area (Å²) in [5.74, 6) is 0. The van der Waals surface area contributed by atoms with Crippen LogP contribution < -0.4 is 0 Å². The first-order valence-electron chi connectivity index (χ1n) is 2.57. The van der Waals surface area contributed by atoms with Gasteiger partial charge in [-0.2, -0.15) is 11.3 Å². The summed E-state index contributed by atoms with van der Waals surface area (Å²) >= 11 is 1.62. The van der Waals surface area contributed by atoms with E-state index in [1.54, 1.807) is 17.4 Å². The van der Waals surface area contributed by atoms with Crippen molar-refractivity contribution in [3.05, 3.63) is 28.5 Å². The minimum atomic E-state index is 0.775. The summed E-state index contributed by atoms with van der Waals surface area (Å²) in [6, 6.07) is 1.96. The SMILES string of the molecule is O=C/C=C/c1ccsc1. The second-order valence-electron chi connectivity index (χ2n) is 1.55. The van der Waals surface area contributed by atoms with Crippen molar-refractivity contribution in [3.8, 4) is 0 Å². The molecule has 1 aromatic rings. The molecule has 0 bridgehead atoms. The van der Waals surface area contributed by atoms with Gasteiger partial charge in [0.25, 0.3) is 0 Å². The summed E-state index contributed by atoms with van der Waals surface area (Å²) in [6.07, 6.45) is 4.04. The Balaban J connectivity index is 2.67. The molecule has 0 spiro atoms. The van der Waals surface area contributed by atoms with Crippen molar-refractivity contribution in [1.29, 1.82) is 0 Å². The largest absolute Gasteiger partial charge is 0.299 e. The van der Waals surface area contributed by atoms with E-state index >= 15 is 0 Å². The number of allylic oxidation sites excluding steroid dienone is 1. The van der Waals surface area contributed by atoms with Gasteiger partial charge in [0.05, 0.1) is 0 Å². The van der Waals surface area contributed by atoms with E-state index in [-0.39, 0.29) is 0 Å². The van der Waals surface area contributed by atoms with E-state index in [0.29, 0.717) is 0 Å². The van der Waals surface area contributed by atoms with Crippen LogP contribution in [0.15, 0.2) is 22.9 Å². The Morgan fingerprint density at radius 1 is 1.56 bits per heavy atom. The highest BCUT2D eigenvalue weighted by Crippen LogP contribution is 2.06. The maximum absolute atomic E-state index is 9.82. The molecule has 0 N–H and O–H groups in total. The second-order valence-corrected chi connectivity index (χ2v) is 2.33. The molecule has 0 aliphatic rings. The van der Waals surface area contributed by atoms with E-state index in [4.69, 9.17) is 0 Å². The van der Waals surface area contributed by atoms with Crippen LogP contribution in [0, 0.1) is 0 Å². The summed E-state index contributed by atoms with van der Waals surface area (Å²) < 4.78 is 0. The zero-order valence-corrected chi connectivity index (χ0v) is 5.60. The minimum absolute atomic E-state index is 0.775. The number of hydrogen-bond acceptors (Lipinski definition) is 2. The van der Waals surface area contributed by atoms with E-state index in [0.717, 1.165) is 11.8 Å². The smallest absolute Gasteiger partial charge is 0.142 e. The number of hydrogen-bond donors (Lipinski definition) is 0. The third kappa shape index (κ3) is 1.82. The highest BCUT2D eigenvalue weighted by molar-refractivity contribution is 7.08. The zero-order chi connectivity index (χ0) is 6.53. The van der Waals surface area contributed by atoms with Crippen LogP contribution in [0.5, 0.6) is 0 Å². The molecule has 0 saturated heterocycles. The van der Waals surface area contributed by atoms with Gasteiger partial charge in [-0.05, 0) is 28.5 Å². The predicted octanol–water partition coefficient (Wildman–Crippen LogP) is 1.96. The zero-order valence-electron chi connectivity index (χ0n) is 4.78. The Bertz CT molecular complexity index is 199. The molecule has 1 aromatic heterocycles. The fourth-order valence-electron chi connectivity index (χ4n) is 0.520.